The molecule has 0 aliphatic carbocycles. The SMILES string of the molecule is CCCCCn1c(N2CC(O)C2)cc(=O)n2cc(-c3ccc(Cl)cc3)nc12. The first kappa shape index (κ1) is 18.1. The van der Waals surface area contributed by atoms with Crippen molar-refractivity contribution in [2.45, 2.75) is 38.8 Å². The van der Waals surface area contributed by atoms with Gasteiger partial charge in [-0.15, -0.1) is 0 Å². The number of aliphatic hydroxyl groups excluding tert-OH is 1. The zero-order valence-electron chi connectivity index (χ0n) is 15.3. The van der Waals surface area contributed by atoms with Crippen LogP contribution in [0.1, 0.15) is 26.2 Å². The molecule has 0 spiro atoms. The van der Waals surface area contributed by atoms with Crippen molar-refractivity contribution in [3.05, 3.63) is 51.9 Å². The summed E-state index contributed by atoms with van der Waals surface area (Å²) in [5.41, 5.74) is 1.55. The van der Waals surface area contributed by atoms with E-state index in [0.717, 1.165) is 42.9 Å². The molecule has 1 aromatic carbocycles. The topological polar surface area (TPSA) is 62.8 Å². The van der Waals surface area contributed by atoms with Gasteiger partial charge < -0.3 is 10.0 Å². The third kappa shape index (κ3) is 3.47. The third-order valence-electron chi connectivity index (χ3n) is 5.01. The fourth-order valence-electron chi connectivity index (χ4n) is 3.48. The zero-order valence-corrected chi connectivity index (χ0v) is 16.1. The smallest absolute Gasteiger partial charge is 0.261 e. The summed E-state index contributed by atoms with van der Waals surface area (Å²) in [4.78, 5) is 19.5. The van der Waals surface area contributed by atoms with Crippen LogP contribution >= 0.6 is 11.6 Å². The van der Waals surface area contributed by atoms with Crippen LogP contribution in [0.3, 0.4) is 0 Å². The second-order valence-corrected chi connectivity index (χ2v) is 7.50. The molecule has 1 N–H and O–H groups in total. The first-order valence-corrected chi connectivity index (χ1v) is 9.76. The molecule has 0 saturated carbocycles. The minimum Gasteiger partial charge on any atom is -0.389 e. The second-order valence-electron chi connectivity index (χ2n) is 7.06. The summed E-state index contributed by atoms with van der Waals surface area (Å²) < 4.78 is 3.71. The molecule has 7 heteroatoms. The predicted molar refractivity (Wildman–Crippen MR) is 108 cm³/mol. The van der Waals surface area contributed by atoms with Gasteiger partial charge >= 0.3 is 0 Å². The number of hydrogen-bond donors (Lipinski definition) is 1. The minimum absolute atomic E-state index is 0.110. The Kier molecular flexibility index (Phi) is 4.93. The average molecular weight is 387 g/mol. The first-order valence-electron chi connectivity index (χ1n) is 9.38. The van der Waals surface area contributed by atoms with Gasteiger partial charge in [0.25, 0.3) is 5.56 Å². The van der Waals surface area contributed by atoms with Crippen molar-refractivity contribution >= 4 is 23.2 Å². The Morgan fingerprint density at radius 2 is 1.96 bits per heavy atom. The molecule has 3 aromatic rings. The van der Waals surface area contributed by atoms with E-state index < -0.39 is 0 Å². The van der Waals surface area contributed by atoms with E-state index in [1.165, 1.54) is 0 Å². The van der Waals surface area contributed by atoms with Gasteiger partial charge in [0.15, 0.2) is 0 Å². The number of imidazole rings is 1. The van der Waals surface area contributed by atoms with Crippen LogP contribution in [0, 0.1) is 0 Å². The quantitative estimate of drug-likeness (QED) is 0.661. The highest BCUT2D eigenvalue weighted by atomic mass is 35.5. The Morgan fingerprint density at radius 3 is 2.63 bits per heavy atom. The number of halogens is 1. The molecule has 3 heterocycles. The number of unbranched alkanes of at least 4 members (excludes halogenated alkanes) is 2. The molecule has 0 unspecified atom stereocenters. The molecule has 0 amide bonds. The molecule has 6 nitrogen and oxygen atoms in total. The number of aromatic nitrogens is 3. The van der Waals surface area contributed by atoms with Crippen LogP contribution < -0.4 is 10.5 Å². The highest BCUT2D eigenvalue weighted by molar-refractivity contribution is 6.30. The van der Waals surface area contributed by atoms with Gasteiger partial charge in [0, 0.05) is 42.5 Å². The van der Waals surface area contributed by atoms with Crippen LogP contribution in [-0.4, -0.2) is 38.3 Å². The number of rotatable bonds is 6. The second kappa shape index (κ2) is 7.37. The molecule has 0 bridgehead atoms. The summed E-state index contributed by atoms with van der Waals surface area (Å²) >= 11 is 5.98. The lowest BCUT2D eigenvalue weighted by atomic mass is 10.1. The average Bonchev–Trinajstić information content (AvgIpc) is 3.07. The lowest BCUT2D eigenvalue weighted by Gasteiger charge is -2.39. The Balaban J connectivity index is 1.82. The van der Waals surface area contributed by atoms with Gasteiger partial charge in [-0.05, 0) is 18.6 Å². The molecule has 27 heavy (non-hydrogen) atoms. The molecule has 1 aliphatic rings. The van der Waals surface area contributed by atoms with Gasteiger partial charge in [-0.2, -0.15) is 0 Å². The van der Waals surface area contributed by atoms with E-state index >= 15 is 0 Å². The Bertz CT molecular complexity index is 1000. The van der Waals surface area contributed by atoms with Crippen LogP contribution in [0.5, 0.6) is 0 Å². The standard InChI is InChI=1S/C20H23ClN4O2/c1-2-3-4-9-24-18(23-11-16(26)12-23)10-19(27)25-13-17(22-20(24)25)14-5-7-15(21)8-6-14/h5-8,10,13,16,26H,2-4,9,11-12H2,1H3. The third-order valence-corrected chi connectivity index (χ3v) is 5.26. The van der Waals surface area contributed by atoms with Gasteiger partial charge in [-0.25, -0.2) is 4.98 Å². The van der Waals surface area contributed by atoms with Crippen molar-refractivity contribution in [2.24, 2.45) is 0 Å². The summed E-state index contributed by atoms with van der Waals surface area (Å²) in [5.74, 6) is 1.47. The number of nitrogens with zero attached hydrogens (tertiary/aromatic N) is 4. The Labute approximate surface area is 162 Å². The normalized spacial score (nSPS) is 14.7. The van der Waals surface area contributed by atoms with Gasteiger partial charge in [0.05, 0.1) is 11.8 Å². The number of aryl methyl sites for hydroxylation is 1. The molecular weight excluding hydrogens is 364 g/mol. The van der Waals surface area contributed by atoms with E-state index in [9.17, 15) is 9.90 Å². The molecule has 142 valence electrons. The molecule has 2 aromatic heterocycles. The number of aliphatic hydroxyl groups is 1. The monoisotopic (exact) mass is 386 g/mol. The van der Waals surface area contributed by atoms with Crippen molar-refractivity contribution in [2.75, 3.05) is 18.0 Å². The highest BCUT2D eigenvalue weighted by Crippen LogP contribution is 2.25. The maximum Gasteiger partial charge on any atom is 0.261 e. The number of anilines is 1. The van der Waals surface area contributed by atoms with E-state index in [1.54, 1.807) is 16.7 Å². The van der Waals surface area contributed by atoms with E-state index in [4.69, 9.17) is 16.6 Å². The van der Waals surface area contributed by atoms with Crippen LogP contribution in [0.25, 0.3) is 17.0 Å². The lowest BCUT2D eigenvalue weighted by Crippen LogP contribution is -2.52. The van der Waals surface area contributed by atoms with Crippen LogP contribution in [0.4, 0.5) is 5.82 Å². The van der Waals surface area contributed by atoms with Gasteiger partial charge in [0.1, 0.15) is 5.82 Å². The van der Waals surface area contributed by atoms with Crippen molar-refractivity contribution in [3.8, 4) is 11.3 Å². The molecule has 0 radical (unpaired) electrons. The van der Waals surface area contributed by atoms with Gasteiger partial charge in [-0.3, -0.25) is 13.8 Å². The lowest BCUT2D eigenvalue weighted by molar-refractivity contribution is 0.140. The predicted octanol–water partition coefficient (Wildman–Crippen LogP) is 3.19. The Hall–Kier alpha value is -2.31. The molecular formula is C20H23ClN4O2. The summed E-state index contributed by atoms with van der Waals surface area (Å²) in [6, 6.07) is 9.10. The Morgan fingerprint density at radius 1 is 1.22 bits per heavy atom. The first-order chi connectivity index (χ1) is 13.1. The largest absolute Gasteiger partial charge is 0.389 e. The number of hydrogen-bond acceptors (Lipinski definition) is 4. The summed E-state index contributed by atoms with van der Waals surface area (Å²) in [6.45, 7) is 4.06. The summed E-state index contributed by atoms with van der Waals surface area (Å²) in [7, 11) is 0. The number of fused-ring (bicyclic) bond motifs is 1. The number of benzene rings is 1. The molecule has 1 aliphatic heterocycles. The fourth-order valence-corrected chi connectivity index (χ4v) is 3.61. The maximum absolute atomic E-state index is 12.7. The number of β-amino-alcohol motifs (C(OH)–C–C–N with tert-alkyl or cyclic N) is 1. The molecule has 4 rings (SSSR count). The summed E-state index contributed by atoms with van der Waals surface area (Å²) in [6.07, 6.45) is 4.71. The van der Waals surface area contributed by atoms with E-state index in [2.05, 4.69) is 11.5 Å². The molecule has 0 atom stereocenters. The van der Waals surface area contributed by atoms with Crippen molar-refractivity contribution in [3.63, 3.8) is 0 Å². The van der Waals surface area contributed by atoms with E-state index in [0.29, 0.717) is 23.9 Å². The zero-order chi connectivity index (χ0) is 19.0. The molecule has 1 fully saturated rings. The fraction of sp³-hybridized carbons (Fsp3) is 0.400. The minimum atomic E-state index is -0.329. The van der Waals surface area contributed by atoms with E-state index in [1.807, 2.05) is 29.2 Å². The van der Waals surface area contributed by atoms with Crippen LogP contribution in [0.15, 0.2) is 41.3 Å². The van der Waals surface area contributed by atoms with Crippen molar-refractivity contribution in [1.82, 2.24) is 14.0 Å². The van der Waals surface area contributed by atoms with Crippen molar-refractivity contribution < 1.29 is 5.11 Å². The van der Waals surface area contributed by atoms with E-state index in [-0.39, 0.29) is 11.7 Å². The van der Waals surface area contributed by atoms with Crippen LogP contribution in [-0.2, 0) is 6.54 Å². The van der Waals surface area contributed by atoms with Crippen molar-refractivity contribution in [1.29, 1.82) is 0 Å². The van der Waals surface area contributed by atoms with Gasteiger partial charge in [0.2, 0.25) is 5.78 Å². The molecule has 1 saturated heterocycles. The van der Waals surface area contributed by atoms with Gasteiger partial charge in [-0.1, -0.05) is 43.5 Å². The maximum atomic E-state index is 12.7. The highest BCUT2D eigenvalue weighted by Gasteiger charge is 2.28. The summed E-state index contributed by atoms with van der Waals surface area (Å²) in [5, 5.41) is 10.3. The van der Waals surface area contributed by atoms with Crippen LogP contribution in [0.2, 0.25) is 5.02 Å².